The van der Waals surface area contributed by atoms with Gasteiger partial charge in [-0.3, -0.25) is 14.8 Å². The number of nitrogens with zero attached hydrogens (tertiary/aromatic N) is 2. The second-order valence-electron chi connectivity index (χ2n) is 18.7. The van der Waals surface area contributed by atoms with E-state index in [9.17, 15) is 9.90 Å². The van der Waals surface area contributed by atoms with Crippen LogP contribution < -0.4 is 0 Å². The van der Waals surface area contributed by atoms with Gasteiger partial charge in [0.05, 0.1) is 17.1 Å². The van der Waals surface area contributed by atoms with Crippen molar-refractivity contribution in [3.05, 3.63) is 229 Å². The maximum absolute atomic E-state index is 12.8. The van der Waals surface area contributed by atoms with Crippen LogP contribution in [0.1, 0.15) is 45.2 Å². The zero-order chi connectivity index (χ0) is 46.8. The highest BCUT2D eigenvalue weighted by Crippen LogP contribution is 2.42. The first-order valence-corrected chi connectivity index (χ1v) is 23.3. The van der Waals surface area contributed by atoms with Crippen LogP contribution in [0.3, 0.4) is 0 Å². The van der Waals surface area contributed by atoms with Crippen LogP contribution in [0.15, 0.2) is 218 Å². The molecule has 10 aromatic rings. The second kappa shape index (κ2) is 18.6. The van der Waals surface area contributed by atoms with Crippen molar-refractivity contribution in [1.82, 2.24) is 9.97 Å². The van der Waals surface area contributed by atoms with E-state index in [1.165, 1.54) is 34.7 Å². The summed E-state index contributed by atoms with van der Waals surface area (Å²) < 4.78 is 0. The van der Waals surface area contributed by atoms with E-state index in [1.807, 2.05) is 18.5 Å². The SMILES string of the molecule is CC(O)=CC(=O)CCc1ccccc1-c1cc(-c2ccccc2-c2ccc(-c3ncc(C(C)(C)C)c4ccccc34)cc2)cc(-c2ccccc2-c2ccc(-c3cccc4ccccc34)nc2)c1. The van der Waals surface area contributed by atoms with E-state index >= 15 is 0 Å². The molecule has 0 radical (unpaired) electrons. The number of ketones is 1. The van der Waals surface area contributed by atoms with E-state index in [-0.39, 0.29) is 23.4 Å². The molecule has 0 fully saturated rings. The molecule has 0 bridgehead atoms. The summed E-state index contributed by atoms with van der Waals surface area (Å²) in [6.07, 6.45) is 6.18. The summed E-state index contributed by atoms with van der Waals surface area (Å²) in [5, 5.41) is 14.6. The Hall–Kier alpha value is -8.21. The average molecular weight is 881 g/mol. The largest absolute Gasteiger partial charge is 0.512 e. The maximum atomic E-state index is 12.8. The van der Waals surface area contributed by atoms with Crippen LogP contribution >= 0.6 is 0 Å². The lowest BCUT2D eigenvalue weighted by Gasteiger charge is -2.22. The third-order valence-corrected chi connectivity index (χ3v) is 13.0. The Labute approximate surface area is 399 Å². The third-order valence-electron chi connectivity index (χ3n) is 13.0. The van der Waals surface area contributed by atoms with Crippen molar-refractivity contribution in [2.75, 3.05) is 0 Å². The van der Waals surface area contributed by atoms with Crippen LogP contribution in [0.25, 0.3) is 99.7 Å². The molecular formula is C64H52N2O2. The first kappa shape index (κ1) is 43.7. The molecule has 10 rings (SSSR count). The predicted molar refractivity (Wildman–Crippen MR) is 284 cm³/mol. The lowest BCUT2D eigenvalue weighted by Crippen LogP contribution is -2.12. The zero-order valence-corrected chi connectivity index (χ0v) is 38.9. The van der Waals surface area contributed by atoms with Crippen LogP contribution in [0.4, 0.5) is 0 Å². The summed E-state index contributed by atoms with van der Waals surface area (Å²) in [6.45, 7) is 8.25. The molecule has 4 heteroatoms. The van der Waals surface area contributed by atoms with Crippen molar-refractivity contribution < 1.29 is 9.90 Å². The zero-order valence-electron chi connectivity index (χ0n) is 38.9. The molecule has 0 unspecified atom stereocenters. The molecule has 0 aliphatic carbocycles. The number of allylic oxidation sites excluding steroid dienone is 2. The summed E-state index contributed by atoms with van der Waals surface area (Å²) in [6, 6.07) is 68.9. The number of fused-ring (bicyclic) bond motifs is 2. The molecule has 0 saturated heterocycles. The molecule has 0 aliphatic heterocycles. The topological polar surface area (TPSA) is 63.1 Å². The van der Waals surface area contributed by atoms with Crippen LogP contribution in [0.5, 0.6) is 0 Å². The van der Waals surface area contributed by atoms with Gasteiger partial charge >= 0.3 is 0 Å². The Morgan fingerprint density at radius 2 is 0.985 bits per heavy atom. The molecule has 8 aromatic carbocycles. The molecule has 0 amide bonds. The van der Waals surface area contributed by atoms with Gasteiger partial charge in [0.25, 0.3) is 0 Å². The number of aromatic nitrogens is 2. The van der Waals surface area contributed by atoms with Gasteiger partial charge in [0, 0.05) is 47.0 Å². The Bertz CT molecular complexity index is 3510. The van der Waals surface area contributed by atoms with Crippen molar-refractivity contribution in [3.63, 3.8) is 0 Å². The minimum absolute atomic E-state index is 0.0194. The number of pyridine rings is 2. The normalized spacial score (nSPS) is 11.9. The molecule has 2 aromatic heterocycles. The fraction of sp³-hybridized carbons (Fsp3) is 0.109. The number of aryl methyl sites for hydroxylation is 1. The molecule has 68 heavy (non-hydrogen) atoms. The quantitative estimate of drug-likeness (QED) is 0.104. The van der Waals surface area contributed by atoms with E-state index in [4.69, 9.17) is 9.97 Å². The van der Waals surface area contributed by atoms with Gasteiger partial charge in [-0.05, 0) is 120 Å². The first-order valence-electron chi connectivity index (χ1n) is 23.3. The second-order valence-corrected chi connectivity index (χ2v) is 18.7. The molecule has 0 spiro atoms. The smallest absolute Gasteiger partial charge is 0.159 e. The number of carbonyl (C=O) groups is 1. The Balaban J connectivity index is 1.08. The molecule has 2 heterocycles. The number of benzene rings is 8. The lowest BCUT2D eigenvalue weighted by atomic mass is 9.84. The minimum atomic E-state index is -0.103. The Morgan fingerprint density at radius 3 is 1.62 bits per heavy atom. The summed E-state index contributed by atoms with van der Waals surface area (Å²) in [4.78, 5) is 22.9. The average Bonchev–Trinajstić information content (AvgIpc) is 3.37. The summed E-state index contributed by atoms with van der Waals surface area (Å²) >= 11 is 0. The highest BCUT2D eigenvalue weighted by atomic mass is 16.3. The van der Waals surface area contributed by atoms with Gasteiger partial charge in [0.15, 0.2) is 5.78 Å². The molecule has 0 aliphatic rings. The summed E-state index contributed by atoms with van der Waals surface area (Å²) in [5.74, 6) is -0.0833. The number of rotatable bonds is 11. The highest BCUT2D eigenvalue weighted by molar-refractivity contribution is 5.99. The fourth-order valence-corrected chi connectivity index (χ4v) is 9.64. The fourth-order valence-electron chi connectivity index (χ4n) is 9.64. The first-order chi connectivity index (χ1) is 33.1. The number of aliphatic hydroxyl groups is 1. The summed E-state index contributed by atoms with van der Waals surface area (Å²) in [5.41, 5.74) is 17.1. The van der Waals surface area contributed by atoms with Gasteiger partial charge < -0.3 is 5.11 Å². The van der Waals surface area contributed by atoms with Crippen LogP contribution in [-0.4, -0.2) is 20.9 Å². The number of hydrogen-bond donors (Lipinski definition) is 1. The monoisotopic (exact) mass is 880 g/mol. The molecule has 1 N–H and O–H groups in total. The predicted octanol–water partition coefficient (Wildman–Crippen LogP) is 16.7. The highest BCUT2D eigenvalue weighted by Gasteiger charge is 2.20. The van der Waals surface area contributed by atoms with E-state index in [1.54, 1.807) is 0 Å². The van der Waals surface area contributed by atoms with E-state index < -0.39 is 0 Å². The van der Waals surface area contributed by atoms with Crippen LogP contribution in [0.2, 0.25) is 0 Å². The van der Waals surface area contributed by atoms with E-state index in [2.05, 4.69) is 209 Å². The van der Waals surface area contributed by atoms with E-state index in [0.29, 0.717) is 6.42 Å². The van der Waals surface area contributed by atoms with E-state index in [0.717, 1.165) is 89.1 Å². The van der Waals surface area contributed by atoms with Gasteiger partial charge in [0.2, 0.25) is 0 Å². The number of aliphatic hydroxyl groups excluding tert-OH is 1. The van der Waals surface area contributed by atoms with Gasteiger partial charge in [-0.25, -0.2) is 0 Å². The van der Waals surface area contributed by atoms with Crippen molar-refractivity contribution in [1.29, 1.82) is 0 Å². The minimum Gasteiger partial charge on any atom is -0.512 e. The molecule has 4 nitrogen and oxygen atoms in total. The maximum Gasteiger partial charge on any atom is 0.159 e. The molecule has 0 atom stereocenters. The third kappa shape index (κ3) is 8.89. The van der Waals surface area contributed by atoms with Gasteiger partial charge in [-0.15, -0.1) is 0 Å². The molecular weight excluding hydrogens is 829 g/mol. The van der Waals surface area contributed by atoms with Crippen LogP contribution in [0, 0.1) is 0 Å². The standard InChI is InChI=1S/C64H52N2O2/c1-42(67)36-51(68)34-32-44-17-5-7-19-52(44)48-37-49(39-50(38-48)57-24-12-10-22-55(57)47-33-35-62(65-40-47)59-27-15-18-43-16-6-8-21-54(43)59)56-23-11-9-20-53(56)45-28-30-46(31-29-45)63-60-26-14-13-25-58(60)61(41-66-63)64(2,3)4/h5-31,33,35-41,67H,32,34H2,1-4H3. The van der Waals surface area contributed by atoms with Crippen molar-refractivity contribution in [2.45, 2.75) is 46.0 Å². The molecule has 330 valence electrons. The van der Waals surface area contributed by atoms with Crippen molar-refractivity contribution in [3.8, 4) is 78.1 Å². The van der Waals surface area contributed by atoms with Crippen molar-refractivity contribution >= 4 is 27.3 Å². The number of hydrogen-bond acceptors (Lipinski definition) is 4. The summed E-state index contributed by atoms with van der Waals surface area (Å²) in [7, 11) is 0. The van der Waals surface area contributed by atoms with Crippen molar-refractivity contribution in [2.24, 2.45) is 0 Å². The van der Waals surface area contributed by atoms with Gasteiger partial charge in [-0.2, -0.15) is 0 Å². The Kier molecular flexibility index (Phi) is 11.9. The Morgan fingerprint density at radius 1 is 0.485 bits per heavy atom. The van der Waals surface area contributed by atoms with Crippen LogP contribution in [-0.2, 0) is 16.6 Å². The lowest BCUT2D eigenvalue weighted by molar-refractivity contribution is -0.114. The number of carbonyl (C=O) groups excluding carboxylic acids is 1. The van der Waals surface area contributed by atoms with Gasteiger partial charge in [-0.1, -0.05) is 191 Å². The van der Waals surface area contributed by atoms with Gasteiger partial charge in [0.1, 0.15) is 0 Å². The molecule has 0 saturated carbocycles.